The van der Waals surface area contributed by atoms with Gasteiger partial charge in [0.1, 0.15) is 23.8 Å². The molecule has 2 N–H and O–H groups in total. The number of carbonyl (C=O) groups excluding carboxylic acids is 1. The molecule has 0 bridgehead atoms. The third-order valence-electron chi connectivity index (χ3n) is 2.62. The van der Waals surface area contributed by atoms with Gasteiger partial charge in [-0.15, -0.1) is 0 Å². The van der Waals surface area contributed by atoms with E-state index >= 15 is 0 Å². The quantitative estimate of drug-likeness (QED) is 0.760. The molecule has 22 heavy (non-hydrogen) atoms. The molecular weight excluding hydrogens is 287 g/mol. The van der Waals surface area contributed by atoms with Gasteiger partial charge in [-0.2, -0.15) is 0 Å². The summed E-state index contributed by atoms with van der Waals surface area (Å²) in [5.41, 5.74) is 0.222. The van der Waals surface area contributed by atoms with Crippen molar-refractivity contribution >= 4 is 6.09 Å². The van der Waals surface area contributed by atoms with Crippen molar-refractivity contribution in [1.29, 1.82) is 0 Å². The van der Waals surface area contributed by atoms with E-state index in [4.69, 9.17) is 9.47 Å². The minimum atomic E-state index is -0.527. The summed E-state index contributed by atoms with van der Waals surface area (Å²) < 4.78 is 24.0. The number of amides is 1. The van der Waals surface area contributed by atoms with E-state index in [9.17, 15) is 9.18 Å². The molecule has 0 saturated carbocycles. The Morgan fingerprint density at radius 1 is 1.32 bits per heavy atom. The average molecular weight is 312 g/mol. The molecule has 0 saturated heterocycles. The van der Waals surface area contributed by atoms with Gasteiger partial charge in [-0.05, 0) is 45.5 Å². The zero-order chi connectivity index (χ0) is 16.6. The van der Waals surface area contributed by atoms with E-state index in [0.29, 0.717) is 18.8 Å². The van der Waals surface area contributed by atoms with Crippen LogP contribution >= 0.6 is 0 Å². The lowest BCUT2D eigenvalue weighted by atomic mass is 10.2. The lowest BCUT2D eigenvalue weighted by molar-refractivity contribution is 0.0520. The van der Waals surface area contributed by atoms with Gasteiger partial charge in [-0.25, -0.2) is 9.18 Å². The first-order valence-electron chi connectivity index (χ1n) is 7.40. The number of rotatable bonds is 7. The number of hydrogen-bond acceptors (Lipinski definition) is 4. The Bertz CT molecular complexity index is 487. The fourth-order valence-electron chi connectivity index (χ4n) is 1.71. The molecule has 6 heteroatoms. The van der Waals surface area contributed by atoms with Gasteiger partial charge >= 0.3 is 6.09 Å². The standard InChI is InChI=1S/C16H25FN2O3/c1-5-18-11-12-10-13(17)6-7-14(12)21-9-8-19-15(20)22-16(2,3)4/h6-7,10,18H,5,8-9,11H2,1-4H3,(H,19,20). The van der Waals surface area contributed by atoms with Crippen molar-refractivity contribution in [2.75, 3.05) is 19.7 Å². The molecule has 0 heterocycles. The molecule has 1 amide bonds. The molecule has 0 fully saturated rings. The minimum Gasteiger partial charge on any atom is -0.491 e. The molecule has 0 aromatic heterocycles. The predicted molar refractivity (Wildman–Crippen MR) is 83.5 cm³/mol. The summed E-state index contributed by atoms with van der Waals surface area (Å²) >= 11 is 0. The second-order valence-electron chi connectivity index (χ2n) is 5.81. The first-order valence-corrected chi connectivity index (χ1v) is 7.40. The molecule has 0 atom stereocenters. The van der Waals surface area contributed by atoms with Crippen LogP contribution in [0.4, 0.5) is 9.18 Å². The maximum Gasteiger partial charge on any atom is 0.407 e. The number of nitrogens with one attached hydrogen (secondary N) is 2. The summed E-state index contributed by atoms with van der Waals surface area (Å²) in [5.74, 6) is 0.306. The summed E-state index contributed by atoms with van der Waals surface area (Å²) in [6.45, 7) is 9.29. The van der Waals surface area contributed by atoms with E-state index in [-0.39, 0.29) is 12.4 Å². The SMILES string of the molecule is CCNCc1cc(F)ccc1OCCNC(=O)OC(C)(C)C. The first-order chi connectivity index (χ1) is 10.3. The molecular formula is C16H25FN2O3. The number of hydrogen-bond donors (Lipinski definition) is 2. The second kappa shape index (κ2) is 8.58. The highest BCUT2D eigenvalue weighted by molar-refractivity contribution is 5.67. The van der Waals surface area contributed by atoms with E-state index in [0.717, 1.165) is 12.1 Å². The Kier molecular flexibility index (Phi) is 7.11. The van der Waals surface area contributed by atoms with Crippen molar-refractivity contribution in [2.24, 2.45) is 0 Å². The third kappa shape index (κ3) is 7.26. The van der Waals surface area contributed by atoms with Gasteiger partial charge in [0, 0.05) is 12.1 Å². The maximum atomic E-state index is 13.3. The Hall–Kier alpha value is -1.82. The Balaban J connectivity index is 2.43. The molecule has 0 spiro atoms. The monoisotopic (exact) mass is 312 g/mol. The third-order valence-corrected chi connectivity index (χ3v) is 2.62. The highest BCUT2D eigenvalue weighted by Crippen LogP contribution is 2.19. The van der Waals surface area contributed by atoms with Crippen LogP contribution in [0.3, 0.4) is 0 Å². The van der Waals surface area contributed by atoms with Gasteiger partial charge in [0.15, 0.2) is 0 Å². The number of ether oxygens (including phenoxy) is 2. The summed E-state index contributed by atoms with van der Waals surface area (Å²) in [5, 5.41) is 5.74. The molecule has 0 radical (unpaired) electrons. The summed E-state index contributed by atoms with van der Waals surface area (Å²) in [6, 6.07) is 4.39. The highest BCUT2D eigenvalue weighted by atomic mass is 19.1. The van der Waals surface area contributed by atoms with Crippen molar-refractivity contribution in [3.8, 4) is 5.75 Å². The first kappa shape index (κ1) is 18.2. The van der Waals surface area contributed by atoms with Crippen LogP contribution in [-0.4, -0.2) is 31.4 Å². The van der Waals surface area contributed by atoms with Gasteiger partial charge in [0.05, 0.1) is 6.54 Å². The normalized spacial score (nSPS) is 11.1. The predicted octanol–water partition coefficient (Wildman–Crippen LogP) is 2.84. The van der Waals surface area contributed by atoms with Gasteiger partial charge in [0.25, 0.3) is 0 Å². The van der Waals surface area contributed by atoms with Gasteiger partial charge in [-0.1, -0.05) is 6.92 Å². The topological polar surface area (TPSA) is 59.6 Å². The highest BCUT2D eigenvalue weighted by Gasteiger charge is 2.15. The lowest BCUT2D eigenvalue weighted by Crippen LogP contribution is -2.34. The van der Waals surface area contributed by atoms with Gasteiger partial charge in [-0.3, -0.25) is 0 Å². The van der Waals surface area contributed by atoms with Crippen LogP contribution in [0.1, 0.15) is 33.3 Å². The molecule has 5 nitrogen and oxygen atoms in total. The van der Waals surface area contributed by atoms with E-state index < -0.39 is 11.7 Å². The van der Waals surface area contributed by atoms with Crippen molar-refractivity contribution in [2.45, 2.75) is 39.8 Å². The lowest BCUT2D eigenvalue weighted by Gasteiger charge is -2.19. The van der Waals surface area contributed by atoms with Crippen molar-refractivity contribution in [3.05, 3.63) is 29.6 Å². The van der Waals surface area contributed by atoms with Crippen LogP contribution in [0, 0.1) is 5.82 Å². The van der Waals surface area contributed by atoms with E-state index in [2.05, 4.69) is 10.6 Å². The van der Waals surface area contributed by atoms with Crippen LogP contribution in [0.2, 0.25) is 0 Å². The van der Waals surface area contributed by atoms with Gasteiger partial charge < -0.3 is 20.1 Å². The van der Waals surface area contributed by atoms with Crippen LogP contribution in [0.5, 0.6) is 5.75 Å². The largest absolute Gasteiger partial charge is 0.491 e. The number of benzene rings is 1. The van der Waals surface area contributed by atoms with Crippen molar-refractivity contribution < 1.29 is 18.7 Å². The fraction of sp³-hybridized carbons (Fsp3) is 0.562. The second-order valence-corrected chi connectivity index (χ2v) is 5.81. The summed E-state index contributed by atoms with van der Waals surface area (Å²) in [4.78, 5) is 11.5. The molecule has 1 aromatic carbocycles. The van der Waals surface area contributed by atoms with E-state index in [1.807, 2.05) is 6.92 Å². The summed E-state index contributed by atoms with van der Waals surface area (Å²) in [6.07, 6.45) is -0.483. The Labute approximate surface area is 131 Å². The maximum absolute atomic E-state index is 13.3. The number of halogens is 1. The molecule has 1 aromatic rings. The van der Waals surface area contributed by atoms with E-state index in [1.165, 1.54) is 12.1 Å². The number of alkyl carbamates (subject to hydrolysis) is 1. The van der Waals surface area contributed by atoms with Crippen molar-refractivity contribution in [1.82, 2.24) is 10.6 Å². The number of carbonyl (C=O) groups is 1. The van der Waals surface area contributed by atoms with Crippen LogP contribution in [0.15, 0.2) is 18.2 Å². The molecule has 0 unspecified atom stereocenters. The minimum absolute atomic E-state index is 0.282. The molecule has 0 aliphatic heterocycles. The summed E-state index contributed by atoms with van der Waals surface area (Å²) in [7, 11) is 0. The zero-order valence-electron chi connectivity index (χ0n) is 13.7. The Morgan fingerprint density at radius 3 is 2.68 bits per heavy atom. The molecule has 124 valence electrons. The van der Waals surface area contributed by atoms with Crippen molar-refractivity contribution in [3.63, 3.8) is 0 Å². The van der Waals surface area contributed by atoms with Gasteiger partial charge in [0.2, 0.25) is 0 Å². The van der Waals surface area contributed by atoms with Crippen LogP contribution in [-0.2, 0) is 11.3 Å². The van der Waals surface area contributed by atoms with Crippen LogP contribution in [0.25, 0.3) is 0 Å². The van der Waals surface area contributed by atoms with Crippen LogP contribution < -0.4 is 15.4 Å². The molecule has 0 aliphatic carbocycles. The zero-order valence-corrected chi connectivity index (χ0v) is 13.7. The molecule has 0 aliphatic rings. The smallest absolute Gasteiger partial charge is 0.407 e. The molecule has 1 rings (SSSR count). The van der Waals surface area contributed by atoms with E-state index in [1.54, 1.807) is 26.8 Å². The average Bonchev–Trinajstić information content (AvgIpc) is 2.41. The fourth-order valence-corrected chi connectivity index (χ4v) is 1.71. The Morgan fingerprint density at radius 2 is 2.05 bits per heavy atom.